The quantitative estimate of drug-likeness (QED) is 0.632. The van der Waals surface area contributed by atoms with Crippen LogP contribution in [0.2, 0.25) is 0 Å². The molecule has 0 aromatic carbocycles. The van der Waals surface area contributed by atoms with Crippen LogP contribution < -0.4 is 10.0 Å². The first kappa shape index (κ1) is 13.9. The Labute approximate surface area is 99.2 Å². The molecule has 0 atom stereocenters. The molecule has 16 heavy (non-hydrogen) atoms. The molecule has 0 unspecified atom stereocenters. The van der Waals surface area contributed by atoms with Gasteiger partial charge in [0.15, 0.2) is 0 Å². The number of sulfonamides is 1. The summed E-state index contributed by atoms with van der Waals surface area (Å²) in [5.41, 5.74) is 0. The summed E-state index contributed by atoms with van der Waals surface area (Å²) in [4.78, 5) is 0. The molecule has 1 saturated carbocycles. The highest BCUT2D eigenvalue weighted by Gasteiger charge is 2.28. The summed E-state index contributed by atoms with van der Waals surface area (Å²) in [7, 11) is -3.03. The monoisotopic (exact) mass is 248 g/mol. The Morgan fingerprint density at radius 1 is 1.25 bits per heavy atom. The zero-order chi connectivity index (χ0) is 12.0. The predicted molar refractivity (Wildman–Crippen MR) is 66.9 cm³/mol. The fourth-order valence-corrected chi connectivity index (χ4v) is 3.43. The fraction of sp³-hybridized carbons (Fsp3) is 1.00. The molecule has 0 spiro atoms. The molecule has 0 radical (unpaired) electrons. The van der Waals surface area contributed by atoms with E-state index in [0.717, 1.165) is 38.8 Å². The van der Waals surface area contributed by atoms with Crippen molar-refractivity contribution in [2.45, 2.75) is 45.6 Å². The third-order valence-electron chi connectivity index (χ3n) is 2.99. The Kier molecular flexibility index (Phi) is 5.72. The third-order valence-corrected chi connectivity index (χ3v) is 4.51. The Hall–Kier alpha value is -0.130. The van der Waals surface area contributed by atoms with Crippen molar-refractivity contribution in [3.05, 3.63) is 0 Å². The Bertz CT molecular complexity index is 284. The lowest BCUT2D eigenvalue weighted by Crippen LogP contribution is -2.44. The molecule has 0 heterocycles. The topological polar surface area (TPSA) is 58.2 Å². The molecular weight excluding hydrogens is 224 g/mol. The standard InChI is InChI=1S/C11H24N2O2S/c1-3-12-6-4-5-7-16(14,15)13-11-8-10(2)9-11/h10-13H,3-9H2,1-2H3. The van der Waals surface area contributed by atoms with Crippen molar-refractivity contribution in [1.82, 2.24) is 10.0 Å². The van der Waals surface area contributed by atoms with Gasteiger partial charge in [-0.25, -0.2) is 13.1 Å². The SMILES string of the molecule is CCNCCCCS(=O)(=O)NC1CC(C)C1. The molecule has 0 aromatic heterocycles. The Morgan fingerprint density at radius 3 is 2.50 bits per heavy atom. The molecule has 1 aliphatic rings. The van der Waals surface area contributed by atoms with Crippen LogP contribution in [0.1, 0.15) is 39.5 Å². The van der Waals surface area contributed by atoms with E-state index in [4.69, 9.17) is 0 Å². The van der Waals surface area contributed by atoms with E-state index in [9.17, 15) is 8.42 Å². The van der Waals surface area contributed by atoms with Crippen molar-refractivity contribution in [3.8, 4) is 0 Å². The summed E-state index contributed by atoms with van der Waals surface area (Å²) < 4.78 is 26.0. The molecule has 2 N–H and O–H groups in total. The molecule has 0 bridgehead atoms. The summed E-state index contributed by atoms with van der Waals surface area (Å²) in [5.74, 6) is 0.949. The first-order valence-corrected chi connectivity index (χ1v) is 7.89. The molecular formula is C11H24N2O2S. The van der Waals surface area contributed by atoms with E-state index in [1.165, 1.54) is 0 Å². The molecule has 0 aromatic rings. The fourth-order valence-electron chi connectivity index (χ4n) is 2.03. The highest BCUT2D eigenvalue weighted by molar-refractivity contribution is 7.89. The van der Waals surface area contributed by atoms with Gasteiger partial charge in [-0.3, -0.25) is 0 Å². The lowest BCUT2D eigenvalue weighted by atomic mass is 9.83. The molecule has 1 aliphatic carbocycles. The molecule has 0 saturated heterocycles. The first-order chi connectivity index (χ1) is 7.53. The average Bonchev–Trinajstić information content (AvgIpc) is 2.15. The van der Waals surface area contributed by atoms with Gasteiger partial charge in [0.25, 0.3) is 0 Å². The van der Waals surface area contributed by atoms with Gasteiger partial charge in [-0.05, 0) is 44.7 Å². The van der Waals surface area contributed by atoms with Gasteiger partial charge in [-0.15, -0.1) is 0 Å². The first-order valence-electron chi connectivity index (χ1n) is 6.24. The Morgan fingerprint density at radius 2 is 1.94 bits per heavy atom. The second-order valence-electron chi connectivity index (χ2n) is 4.77. The summed E-state index contributed by atoms with van der Waals surface area (Å²) in [6, 6.07) is 0.203. The van der Waals surface area contributed by atoms with Gasteiger partial charge in [-0.1, -0.05) is 13.8 Å². The minimum Gasteiger partial charge on any atom is -0.317 e. The van der Waals surface area contributed by atoms with Crippen LogP contribution in [0, 0.1) is 5.92 Å². The maximum Gasteiger partial charge on any atom is 0.211 e. The maximum absolute atomic E-state index is 11.6. The van der Waals surface area contributed by atoms with Crippen molar-refractivity contribution < 1.29 is 8.42 Å². The van der Waals surface area contributed by atoms with E-state index in [1.54, 1.807) is 0 Å². The van der Waals surface area contributed by atoms with Gasteiger partial charge in [0.1, 0.15) is 0 Å². The highest BCUT2D eigenvalue weighted by atomic mass is 32.2. The molecule has 1 rings (SSSR count). The van der Waals surface area contributed by atoms with Crippen LogP contribution in [0.4, 0.5) is 0 Å². The molecule has 1 fully saturated rings. The van der Waals surface area contributed by atoms with E-state index in [1.807, 2.05) is 0 Å². The third kappa shape index (κ3) is 5.27. The zero-order valence-corrected chi connectivity index (χ0v) is 11.1. The minimum absolute atomic E-state index is 0.203. The second kappa shape index (κ2) is 6.57. The van der Waals surface area contributed by atoms with E-state index in [0.29, 0.717) is 5.92 Å². The van der Waals surface area contributed by atoms with Crippen LogP contribution in [0.15, 0.2) is 0 Å². The van der Waals surface area contributed by atoms with E-state index < -0.39 is 10.0 Å². The summed E-state index contributed by atoms with van der Waals surface area (Å²) in [6.45, 7) is 6.06. The van der Waals surface area contributed by atoms with Crippen LogP contribution in [0.3, 0.4) is 0 Å². The smallest absolute Gasteiger partial charge is 0.211 e. The molecule has 5 heteroatoms. The van der Waals surface area contributed by atoms with Gasteiger partial charge in [0, 0.05) is 6.04 Å². The van der Waals surface area contributed by atoms with Crippen molar-refractivity contribution in [3.63, 3.8) is 0 Å². The van der Waals surface area contributed by atoms with Crippen LogP contribution >= 0.6 is 0 Å². The molecule has 96 valence electrons. The minimum atomic E-state index is -3.03. The second-order valence-corrected chi connectivity index (χ2v) is 6.64. The van der Waals surface area contributed by atoms with Gasteiger partial charge >= 0.3 is 0 Å². The van der Waals surface area contributed by atoms with Crippen molar-refractivity contribution in [2.24, 2.45) is 5.92 Å². The van der Waals surface area contributed by atoms with Crippen LogP contribution in [0.5, 0.6) is 0 Å². The highest BCUT2D eigenvalue weighted by Crippen LogP contribution is 2.26. The number of hydrogen-bond donors (Lipinski definition) is 2. The summed E-state index contributed by atoms with van der Waals surface area (Å²) in [5, 5.41) is 3.19. The normalized spacial score (nSPS) is 25.4. The van der Waals surface area contributed by atoms with Crippen LogP contribution in [-0.4, -0.2) is 33.3 Å². The molecule has 0 amide bonds. The van der Waals surface area contributed by atoms with Gasteiger partial charge in [0.05, 0.1) is 5.75 Å². The van der Waals surface area contributed by atoms with E-state index in [-0.39, 0.29) is 11.8 Å². The molecule has 4 nitrogen and oxygen atoms in total. The molecule has 0 aliphatic heterocycles. The number of unbranched alkanes of at least 4 members (excludes halogenated alkanes) is 1. The number of nitrogens with one attached hydrogen (secondary N) is 2. The summed E-state index contributed by atoms with van der Waals surface area (Å²) >= 11 is 0. The van der Waals surface area contributed by atoms with Gasteiger partial charge in [0.2, 0.25) is 10.0 Å². The van der Waals surface area contributed by atoms with Crippen molar-refractivity contribution >= 4 is 10.0 Å². The number of hydrogen-bond acceptors (Lipinski definition) is 3. The lowest BCUT2D eigenvalue weighted by molar-refractivity contribution is 0.270. The number of rotatable bonds is 8. The average molecular weight is 248 g/mol. The van der Waals surface area contributed by atoms with Gasteiger partial charge in [-0.2, -0.15) is 0 Å². The van der Waals surface area contributed by atoms with Crippen LogP contribution in [0.25, 0.3) is 0 Å². The van der Waals surface area contributed by atoms with E-state index >= 15 is 0 Å². The summed E-state index contributed by atoms with van der Waals surface area (Å²) in [6.07, 6.45) is 3.66. The zero-order valence-electron chi connectivity index (χ0n) is 10.3. The largest absolute Gasteiger partial charge is 0.317 e. The lowest BCUT2D eigenvalue weighted by Gasteiger charge is -2.32. The van der Waals surface area contributed by atoms with Crippen molar-refractivity contribution in [2.75, 3.05) is 18.8 Å². The predicted octanol–water partition coefficient (Wildman–Crippen LogP) is 1.09. The van der Waals surface area contributed by atoms with Crippen LogP contribution in [-0.2, 0) is 10.0 Å². The van der Waals surface area contributed by atoms with E-state index in [2.05, 4.69) is 23.9 Å². The van der Waals surface area contributed by atoms with Crippen molar-refractivity contribution in [1.29, 1.82) is 0 Å². The van der Waals surface area contributed by atoms with Gasteiger partial charge < -0.3 is 5.32 Å². The maximum atomic E-state index is 11.6. The Balaban J connectivity index is 2.09.